The van der Waals surface area contributed by atoms with Gasteiger partial charge in [0, 0.05) is 38.3 Å². The Bertz CT molecular complexity index is 726. The summed E-state index contributed by atoms with van der Waals surface area (Å²) in [5.41, 5.74) is 0.541. The number of hydrogen-bond acceptors (Lipinski definition) is 3. The first-order chi connectivity index (χ1) is 13.5. The van der Waals surface area contributed by atoms with Crippen molar-refractivity contribution in [3.8, 4) is 0 Å². The van der Waals surface area contributed by atoms with Crippen LogP contribution in [0.1, 0.15) is 36.0 Å². The minimum Gasteiger partial charge on any atom is -0.351 e. The monoisotopic (exact) mass is 423 g/mol. The van der Waals surface area contributed by atoms with Crippen LogP contribution in [0.25, 0.3) is 0 Å². The molecular formula is C21H27Cl2N3O2. The van der Waals surface area contributed by atoms with E-state index in [1.807, 2.05) is 4.90 Å². The molecule has 0 aromatic heterocycles. The molecule has 5 nitrogen and oxygen atoms in total. The number of benzene rings is 1. The first-order valence-electron chi connectivity index (χ1n) is 9.88. The van der Waals surface area contributed by atoms with Crippen molar-refractivity contribution >= 4 is 35.0 Å². The van der Waals surface area contributed by atoms with Crippen LogP contribution in [-0.2, 0) is 4.79 Å². The summed E-state index contributed by atoms with van der Waals surface area (Å²) < 4.78 is 0. The number of carbonyl (C=O) groups is 2. The van der Waals surface area contributed by atoms with Crippen LogP contribution in [0.5, 0.6) is 0 Å². The van der Waals surface area contributed by atoms with Gasteiger partial charge in [-0.2, -0.15) is 0 Å². The summed E-state index contributed by atoms with van der Waals surface area (Å²) >= 11 is 12.0. The zero-order chi connectivity index (χ0) is 20.1. The average Bonchev–Trinajstić information content (AvgIpc) is 3.23. The lowest BCUT2D eigenvalue weighted by Gasteiger charge is -2.40. The molecular weight excluding hydrogens is 397 g/mol. The maximum atomic E-state index is 12.8. The fourth-order valence-corrected chi connectivity index (χ4v) is 4.54. The van der Waals surface area contributed by atoms with E-state index in [0.29, 0.717) is 54.3 Å². The van der Waals surface area contributed by atoms with Gasteiger partial charge in [-0.25, -0.2) is 0 Å². The fraction of sp³-hybridized carbons (Fsp3) is 0.524. The fourth-order valence-electron chi connectivity index (χ4n) is 4.24. The van der Waals surface area contributed by atoms with Crippen LogP contribution in [0, 0.1) is 5.92 Å². The maximum Gasteiger partial charge on any atom is 0.253 e. The van der Waals surface area contributed by atoms with Gasteiger partial charge in [0.05, 0.1) is 16.1 Å². The molecule has 3 rings (SSSR count). The van der Waals surface area contributed by atoms with E-state index in [2.05, 4.69) is 16.8 Å². The minimum atomic E-state index is -0.121. The van der Waals surface area contributed by atoms with Gasteiger partial charge >= 0.3 is 0 Å². The quantitative estimate of drug-likeness (QED) is 0.710. The van der Waals surface area contributed by atoms with Crippen molar-refractivity contribution in [3.63, 3.8) is 0 Å². The van der Waals surface area contributed by atoms with Gasteiger partial charge < -0.3 is 10.2 Å². The Hall–Kier alpha value is -1.56. The molecule has 1 aromatic rings. The van der Waals surface area contributed by atoms with E-state index < -0.39 is 0 Å². The summed E-state index contributed by atoms with van der Waals surface area (Å²) in [4.78, 5) is 29.6. The van der Waals surface area contributed by atoms with E-state index in [4.69, 9.17) is 23.2 Å². The first-order valence-corrected chi connectivity index (χ1v) is 10.6. The predicted molar refractivity (Wildman–Crippen MR) is 113 cm³/mol. The Kier molecular flexibility index (Phi) is 7.38. The van der Waals surface area contributed by atoms with E-state index in [0.717, 1.165) is 12.8 Å². The molecule has 2 aliphatic rings. The smallest absolute Gasteiger partial charge is 0.253 e. The molecule has 7 heteroatoms. The summed E-state index contributed by atoms with van der Waals surface area (Å²) in [6, 6.07) is 4.84. The topological polar surface area (TPSA) is 52.7 Å². The molecule has 152 valence electrons. The number of rotatable bonds is 6. The molecule has 0 bridgehead atoms. The third kappa shape index (κ3) is 4.88. The lowest BCUT2D eigenvalue weighted by molar-refractivity contribution is -0.129. The summed E-state index contributed by atoms with van der Waals surface area (Å²) in [6.45, 7) is 6.73. The molecule has 28 heavy (non-hydrogen) atoms. The van der Waals surface area contributed by atoms with Crippen molar-refractivity contribution in [1.82, 2.24) is 15.1 Å². The predicted octanol–water partition coefficient (Wildman–Crippen LogP) is 3.61. The number of hydrogen-bond donors (Lipinski definition) is 1. The second-order valence-corrected chi connectivity index (χ2v) is 8.29. The molecule has 1 aromatic carbocycles. The highest BCUT2D eigenvalue weighted by Gasteiger charge is 2.37. The molecule has 1 saturated carbocycles. The largest absolute Gasteiger partial charge is 0.351 e. The molecule has 1 atom stereocenters. The SMILES string of the molecule is C=CCNC(=O)C(C1CCCC1)N1CCN(C(=O)c2ccc(Cl)c(Cl)c2)CC1. The Morgan fingerprint density at radius 3 is 2.43 bits per heavy atom. The van der Waals surface area contributed by atoms with Crippen molar-refractivity contribution in [2.75, 3.05) is 32.7 Å². The van der Waals surface area contributed by atoms with Gasteiger partial charge in [0.15, 0.2) is 0 Å². The number of amides is 2. The van der Waals surface area contributed by atoms with Crippen LogP contribution in [0.15, 0.2) is 30.9 Å². The van der Waals surface area contributed by atoms with E-state index in [1.165, 1.54) is 12.8 Å². The van der Waals surface area contributed by atoms with Crippen molar-refractivity contribution in [3.05, 3.63) is 46.5 Å². The highest BCUT2D eigenvalue weighted by atomic mass is 35.5. The van der Waals surface area contributed by atoms with Crippen LogP contribution in [0.4, 0.5) is 0 Å². The van der Waals surface area contributed by atoms with Gasteiger partial charge in [-0.1, -0.05) is 42.1 Å². The first kappa shape index (κ1) is 21.2. The van der Waals surface area contributed by atoms with Crippen LogP contribution < -0.4 is 5.32 Å². The van der Waals surface area contributed by atoms with Crippen LogP contribution >= 0.6 is 23.2 Å². The Labute approximate surface area is 176 Å². The normalized spacial score (nSPS) is 19.4. The van der Waals surface area contributed by atoms with Crippen LogP contribution in [0.3, 0.4) is 0 Å². The Morgan fingerprint density at radius 1 is 1.14 bits per heavy atom. The van der Waals surface area contributed by atoms with E-state index >= 15 is 0 Å². The van der Waals surface area contributed by atoms with Gasteiger partial charge in [-0.05, 0) is 37.0 Å². The molecule has 0 radical (unpaired) electrons. The van der Waals surface area contributed by atoms with E-state index in [9.17, 15) is 9.59 Å². The van der Waals surface area contributed by atoms with E-state index in [1.54, 1.807) is 24.3 Å². The molecule has 2 amide bonds. The van der Waals surface area contributed by atoms with Gasteiger partial charge in [0.1, 0.15) is 0 Å². The standard InChI is InChI=1S/C21H27Cl2N3O2/c1-2-9-24-20(27)19(15-5-3-4-6-15)25-10-12-26(13-11-25)21(28)16-7-8-17(22)18(23)14-16/h2,7-8,14-15,19H,1,3-6,9-13H2,(H,24,27). The second kappa shape index (κ2) is 9.77. The van der Waals surface area contributed by atoms with Gasteiger partial charge in [0.2, 0.25) is 5.91 Å². The summed E-state index contributed by atoms with van der Waals surface area (Å²) in [7, 11) is 0. The molecule has 1 saturated heterocycles. The maximum absolute atomic E-state index is 12.8. The second-order valence-electron chi connectivity index (χ2n) is 7.48. The summed E-state index contributed by atoms with van der Waals surface area (Å²) in [5, 5.41) is 3.79. The zero-order valence-electron chi connectivity index (χ0n) is 16.0. The number of carbonyl (C=O) groups excluding carboxylic acids is 2. The number of halogens is 2. The highest BCUT2D eigenvalue weighted by molar-refractivity contribution is 6.42. The van der Waals surface area contributed by atoms with Gasteiger partial charge in [-0.3, -0.25) is 14.5 Å². The summed E-state index contributed by atoms with van der Waals surface area (Å²) in [5.74, 6) is 0.421. The van der Waals surface area contributed by atoms with Crippen molar-refractivity contribution in [2.45, 2.75) is 31.7 Å². The lowest BCUT2D eigenvalue weighted by atomic mass is 9.95. The number of piperazine rings is 1. The summed E-state index contributed by atoms with van der Waals surface area (Å²) in [6.07, 6.45) is 6.26. The molecule has 1 N–H and O–H groups in total. The zero-order valence-corrected chi connectivity index (χ0v) is 17.5. The Balaban J connectivity index is 1.64. The lowest BCUT2D eigenvalue weighted by Crippen LogP contribution is -2.58. The highest BCUT2D eigenvalue weighted by Crippen LogP contribution is 2.31. The number of nitrogens with zero attached hydrogens (tertiary/aromatic N) is 2. The van der Waals surface area contributed by atoms with E-state index in [-0.39, 0.29) is 17.9 Å². The third-order valence-corrected chi connectivity index (χ3v) is 6.44. The van der Waals surface area contributed by atoms with Crippen molar-refractivity contribution in [1.29, 1.82) is 0 Å². The van der Waals surface area contributed by atoms with Gasteiger partial charge in [0.25, 0.3) is 5.91 Å². The molecule has 1 heterocycles. The van der Waals surface area contributed by atoms with Crippen molar-refractivity contribution < 1.29 is 9.59 Å². The van der Waals surface area contributed by atoms with Crippen LogP contribution in [-0.4, -0.2) is 60.4 Å². The van der Waals surface area contributed by atoms with Crippen LogP contribution in [0.2, 0.25) is 10.0 Å². The van der Waals surface area contributed by atoms with Crippen molar-refractivity contribution in [2.24, 2.45) is 5.92 Å². The van der Waals surface area contributed by atoms with Gasteiger partial charge in [-0.15, -0.1) is 6.58 Å². The molecule has 1 aliphatic heterocycles. The average molecular weight is 424 g/mol. The third-order valence-electron chi connectivity index (χ3n) is 5.70. The number of nitrogens with one attached hydrogen (secondary N) is 1. The molecule has 1 unspecified atom stereocenters. The minimum absolute atomic E-state index is 0.0493. The Morgan fingerprint density at radius 2 is 1.82 bits per heavy atom. The molecule has 2 fully saturated rings. The molecule has 1 aliphatic carbocycles. The molecule has 0 spiro atoms.